The maximum atomic E-state index is 13.2. The molecule has 0 saturated carbocycles. The van der Waals surface area contributed by atoms with Gasteiger partial charge in [-0.15, -0.1) is 0 Å². The zero-order valence-electron chi connectivity index (χ0n) is 10.5. The Bertz CT molecular complexity index is 623. The largest absolute Gasteiger partial charge is 0.207 e. The molecule has 0 aliphatic rings. The Labute approximate surface area is 137 Å². The van der Waals surface area contributed by atoms with Gasteiger partial charge in [-0.3, -0.25) is 0 Å². The zero-order valence-corrected chi connectivity index (χ0v) is 15.2. The highest BCUT2D eigenvalue weighted by Gasteiger charge is 2.17. The molecule has 4 heteroatoms. The number of benzene rings is 2. The van der Waals surface area contributed by atoms with Crippen LogP contribution in [0.4, 0.5) is 4.39 Å². The maximum absolute atomic E-state index is 13.2. The third kappa shape index (κ3) is 3.29. The fraction of sp³-hybridized carbons (Fsp3) is 0.200. The van der Waals surface area contributed by atoms with E-state index in [0.717, 1.165) is 14.5 Å². The lowest BCUT2D eigenvalue weighted by molar-refractivity contribution is 0.626. The van der Waals surface area contributed by atoms with E-state index in [9.17, 15) is 4.39 Å². The second-order valence-corrected chi connectivity index (χ2v) is 7.11. The van der Waals surface area contributed by atoms with E-state index in [2.05, 4.69) is 73.8 Å². The van der Waals surface area contributed by atoms with Gasteiger partial charge in [-0.2, -0.15) is 0 Å². The summed E-state index contributed by atoms with van der Waals surface area (Å²) in [4.78, 5) is 0.0364. The number of hydrogen-bond donors (Lipinski definition) is 0. The molecule has 0 heterocycles. The van der Waals surface area contributed by atoms with E-state index >= 15 is 0 Å². The van der Waals surface area contributed by atoms with Gasteiger partial charge in [-0.05, 0) is 54.3 Å². The number of aryl methyl sites for hydroxylation is 2. The molecule has 0 N–H and O–H groups in total. The number of alkyl halides is 1. The minimum Gasteiger partial charge on any atom is -0.207 e. The smallest absolute Gasteiger partial charge is 0.124 e. The van der Waals surface area contributed by atoms with E-state index in [1.54, 1.807) is 6.07 Å². The molecule has 0 aliphatic carbocycles. The first kappa shape index (κ1) is 15.2. The van der Waals surface area contributed by atoms with Crippen LogP contribution < -0.4 is 0 Å². The van der Waals surface area contributed by atoms with Crippen LogP contribution in [-0.4, -0.2) is 0 Å². The van der Waals surface area contributed by atoms with Crippen molar-refractivity contribution in [3.8, 4) is 0 Å². The zero-order chi connectivity index (χ0) is 14.2. The normalized spacial score (nSPS) is 12.5. The maximum Gasteiger partial charge on any atom is 0.124 e. The molecular weight excluding hydrogens is 439 g/mol. The summed E-state index contributed by atoms with van der Waals surface area (Å²) in [6, 6.07) is 9.03. The Hall–Kier alpha value is -0.190. The van der Waals surface area contributed by atoms with Crippen LogP contribution in [-0.2, 0) is 0 Å². The van der Waals surface area contributed by atoms with Crippen LogP contribution in [0, 0.1) is 19.7 Å². The lowest BCUT2D eigenvalue weighted by Gasteiger charge is -2.17. The van der Waals surface area contributed by atoms with Gasteiger partial charge in [-0.1, -0.05) is 59.9 Å². The molecule has 1 unspecified atom stereocenters. The summed E-state index contributed by atoms with van der Waals surface area (Å²) in [6.45, 7) is 4.14. The quantitative estimate of drug-likeness (QED) is 0.461. The van der Waals surface area contributed by atoms with Gasteiger partial charge in [0.2, 0.25) is 0 Å². The van der Waals surface area contributed by atoms with Crippen molar-refractivity contribution in [2.24, 2.45) is 0 Å². The van der Waals surface area contributed by atoms with Crippen LogP contribution >= 0.6 is 47.8 Å². The minimum atomic E-state index is -0.237. The first-order valence-electron chi connectivity index (χ1n) is 5.76. The highest BCUT2D eigenvalue weighted by atomic mass is 79.9. The van der Waals surface area contributed by atoms with Crippen LogP contribution in [0.1, 0.15) is 27.1 Å². The van der Waals surface area contributed by atoms with Gasteiger partial charge in [0.15, 0.2) is 0 Å². The highest BCUT2D eigenvalue weighted by molar-refractivity contribution is 9.11. The molecule has 100 valence electrons. The molecule has 0 aliphatic heterocycles. The Balaban J connectivity index is 2.49. The van der Waals surface area contributed by atoms with Crippen molar-refractivity contribution in [1.29, 1.82) is 0 Å². The first-order chi connectivity index (χ1) is 8.90. The Morgan fingerprint density at radius 1 is 0.895 bits per heavy atom. The number of hydrogen-bond acceptors (Lipinski definition) is 0. The van der Waals surface area contributed by atoms with E-state index in [-0.39, 0.29) is 10.6 Å². The van der Waals surface area contributed by atoms with Crippen LogP contribution in [0.25, 0.3) is 0 Å². The molecule has 0 radical (unpaired) electrons. The standard InChI is InChI=1S/C15H12Br3F/c1-8-6-13(16)9(2)5-12(8)15(18)11-4-3-10(19)7-14(11)17/h3-7,15H,1-2H3. The topological polar surface area (TPSA) is 0 Å². The van der Waals surface area contributed by atoms with Gasteiger partial charge in [0.25, 0.3) is 0 Å². The average Bonchev–Trinajstić information content (AvgIpc) is 2.33. The minimum absolute atomic E-state index is 0.0364. The van der Waals surface area contributed by atoms with Crippen molar-refractivity contribution >= 4 is 47.8 Å². The Morgan fingerprint density at radius 2 is 1.58 bits per heavy atom. The van der Waals surface area contributed by atoms with Gasteiger partial charge in [-0.25, -0.2) is 4.39 Å². The predicted molar refractivity (Wildman–Crippen MR) is 88.5 cm³/mol. The van der Waals surface area contributed by atoms with Gasteiger partial charge in [0, 0.05) is 8.95 Å². The summed E-state index contributed by atoms with van der Waals surface area (Å²) in [7, 11) is 0. The van der Waals surface area contributed by atoms with E-state index in [4.69, 9.17) is 0 Å². The number of rotatable bonds is 2. The summed E-state index contributed by atoms with van der Waals surface area (Å²) < 4.78 is 15.0. The molecule has 2 aromatic rings. The number of halogens is 4. The van der Waals surface area contributed by atoms with Crippen molar-refractivity contribution in [3.05, 3.63) is 67.3 Å². The molecular formula is C15H12Br3F. The van der Waals surface area contributed by atoms with E-state index < -0.39 is 0 Å². The molecule has 2 aromatic carbocycles. The van der Waals surface area contributed by atoms with Crippen molar-refractivity contribution < 1.29 is 4.39 Å². The summed E-state index contributed by atoms with van der Waals surface area (Å²) in [5.41, 5.74) is 4.58. The molecule has 0 bridgehead atoms. The lowest BCUT2D eigenvalue weighted by Crippen LogP contribution is -1.98. The summed E-state index contributed by atoms with van der Waals surface area (Å²) >= 11 is 10.7. The fourth-order valence-electron chi connectivity index (χ4n) is 1.95. The molecule has 1 atom stereocenters. The molecule has 0 nitrogen and oxygen atoms in total. The van der Waals surface area contributed by atoms with Gasteiger partial charge in [0.05, 0.1) is 4.83 Å². The third-order valence-corrected chi connectivity index (χ3v) is 5.58. The molecule has 0 amide bonds. The predicted octanol–water partition coefficient (Wildman–Crippen LogP) is 6.45. The Kier molecular flexibility index (Phi) is 4.85. The SMILES string of the molecule is Cc1cc(C(Br)c2ccc(F)cc2Br)c(C)cc1Br. The third-order valence-electron chi connectivity index (χ3n) is 3.06. The van der Waals surface area contributed by atoms with Gasteiger partial charge < -0.3 is 0 Å². The fourth-order valence-corrected chi connectivity index (χ4v) is 4.19. The van der Waals surface area contributed by atoms with Crippen molar-refractivity contribution in [3.63, 3.8) is 0 Å². The molecule has 0 spiro atoms. The van der Waals surface area contributed by atoms with Crippen molar-refractivity contribution in [2.75, 3.05) is 0 Å². The molecule has 0 fully saturated rings. The van der Waals surface area contributed by atoms with Crippen LogP contribution in [0.15, 0.2) is 39.3 Å². The van der Waals surface area contributed by atoms with Crippen LogP contribution in [0.5, 0.6) is 0 Å². The second-order valence-electron chi connectivity index (χ2n) is 4.49. The van der Waals surface area contributed by atoms with E-state index in [1.807, 2.05) is 0 Å². The molecule has 19 heavy (non-hydrogen) atoms. The lowest BCUT2D eigenvalue weighted by atomic mass is 9.98. The van der Waals surface area contributed by atoms with Crippen molar-refractivity contribution in [2.45, 2.75) is 18.7 Å². The van der Waals surface area contributed by atoms with Crippen LogP contribution in [0.2, 0.25) is 0 Å². The van der Waals surface area contributed by atoms with E-state index in [1.165, 1.54) is 28.8 Å². The van der Waals surface area contributed by atoms with E-state index in [0.29, 0.717) is 0 Å². The molecule has 0 aromatic heterocycles. The van der Waals surface area contributed by atoms with Gasteiger partial charge in [0.1, 0.15) is 5.82 Å². The monoisotopic (exact) mass is 448 g/mol. The van der Waals surface area contributed by atoms with Gasteiger partial charge >= 0.3 is 0 Å². The Morgan fingerprint density at radius 3 is 2.21 bits per heavy atom. The van der Waals surface area contributed by atoms with Crippen molar-refractivity contribution in [1.82, 2.24) is 0 Å². The average molecular weight is 451 g/mol. The molecule has 2 rings (SSSR count). The molecule has 0 saturated heterocycles. The second kappa shape index (κ2) is 6.06. The summed E-state index contributed by atoms with van der Waals surface area (Å²) in [6.07, 6.45) is 0. The summed E-state index contributed by atoms with van der Waals surface area (Å²) in [5, 5.41) is 0. The highest BCUT2D eigenvalue weighted by Crippen LogP contribution is 2.38. The first-order valence-corrected chi connectivity index (χ1v) is 8.26. The summed E-state index contributed by atoms with van der Waals surface area (Å²) in [5.74, 6) is -0.237. The van der Waals surface area contributed by atoms with Crippen LogP contribution in [0.3, 0.4) is 0 Å².